The SMILES string of the molecule is C/N=N\N(O)CC(=O)N[C@H](C(=O)N[C@@H](CCCNC(N)=O)C(=O)Nc1ccc(COC(=O)N[C@H](C)[C@@H](C)OC(=O)O[C@@H]2[C@H](OP(=O)(S)OC)[C@@H](CO[P@@](=O)(S)OC)O[C@H]2n2cnc3c(N)ncnc32)cc1)C(C)C. The third-order valence-electron chi connectivity index (χ3n) is 10.6. The normalized spacial score (nSPS) is 19.8. The van der Waals surface area contributed by atoms with Gasteiger partial charge in [-0.3, -0.25) is 33.2 Å². The van der Waals surface area contributed by atoms with Gasteiger partial charge < -0.3 is 66.0 Å². The van der Waals surface area contributed by atoms with Crippen molar-refractivity contribution in [1.29, 1.82) is 0 Å². The number of hydroxylamine groups is 1. The molecule has 1 aromatic carbocycles. The van der Waals surface area contributed by atoms with Crippen LogP contribution in [0.3, 0.4) is 0 Å². The van der Waals surface area contributed by atoms with E-state index in [1.165, 1.54) is 43.9 Å². The van der Waals surface area contributed by atoms with Gasteiger partial charge in [0.05, 0.1) is 26.0 Å². The van der Waals surface area contributed by atoms with Gasteiger partial charge >= 0.3 is 31.9 Å². The van der Waals surface area contributed by atoms with Crippen LogP contribution in [-0.4, -0.2) is 149 Å². The van der Waals surface area contributed by atoms with Crippen LogP contribution in [0.1, 0.15) is 52.3 Å². The number of nitrogens with one attached hydrogen (secondary N) is 5. The molecule has 6 amide bonds. The molecular weight excluding hydrogens is 1060 g/mol. The summed E-state index contributed by atoms with van der Waals surface area (Å²) < 4.78 is 70.4. The lowest BCUT2D eigenvalue weighted by molar-refractivity contribution is -0.143. The van der Waals surface area contributed by atoms with E-state index in [0.29, 0.717) is 11.3 Å². The fourth-order valence-electron chi connectivity index (χ4n) is 6.66. The lowest BCUT2D eigenvalue weighted by Crippen LogP contribution is -2.55. The molecule has 35 heteroatoms. The number of nitrogens with two attached hydrogens (primary N) is 2. The second-order valence-corrected chi connectivity index (χ2v) is 22.3. The molecule has 0 saturated carbocycles. The predicted octanol–water partition coefficient (Wildman–Crippen LogP) is 3.00. The third kappa shape index (κ3) is 18.5. The molecule has 1 aliphatic heterocycles. The Hall–Kier alpha value is -5.89. The van der Waals surface area contributed by atoms with Crippen LogP contribution < -0.4 is 38.1 Å². The monoisotopic (exact) mass is 1120 g/mol. The molecule has 0 spiro atoms. The smallest absolute Gasteiger partial charge is 0.445 e. The minimum Gasteiger partial charge on any atom is -0.445 e. The minimum atomic E-state index is -4.18. The van der Waals surface area contributed by atoms with Crippen molar-refractivity contribution in [1.82, 2.24) is 46.0 Å². The van der Waals surface area contributed by atoms with Crippen molar-refractivity contribution in [3.05, 3.63) is 42.5 Å². The average molecular weight is 1120 g/mol. The number of carbonyl (C=O) groups is 6. The maximum absolute atomic E-state index is 13.5. The van der Waals surface area contributed by atoms with Crippen LogP contribution in [0.5, 0.6) is 0 Å². The number of nitrogens with zero attached hydrogens (tertiary/aromatic N) is 7. The summed E-state index contributed by atoms with van der Waals surface area (Å²) in [4.78, 5) is 89.4. The maximum atomic E-state index is 13.5. The summed E-state index contributed by atoms with van der Waals surface area (Å²) in [6.45, 7) is -3.16. The van der Waals surface area contributed by atoms with Gasteiger partial charge in [-0.1, -0.05) is 55.7 Å². The van der Waals surface area contributed by atoms with Gasteiger partial charge in [-0.25, -0.2) is 38.5 Å². The maximum Gasteiger partial charge on any atom is 0.509 e. The van der Waals surface area contributed by atoms with Crippen LogP contribution in [0.15, 0.2) is 47.3 Å². The molecule has 0 bridgehead atoms. The van der Waals surface area contributed by atoms with Gasteiger partial charge in [0.1, 0.15) is 55.4 Å². The van der Waals surface area contributed by atoms with Crippen LogP contribution in [0, 0.1) is 5.92 Å². The number of primary amides is 1. The highest BCUT2D eigenvalue weighted by atomic mass is 32.7. The Morgan fingerprint density at radius 1 is 0.959 bits per heavy atom. The Kier molecular flexibility index (Phi) is 23.1. The molecule has 1 fully saturated rings. The number of anilines is 2. The number of hydrogen-bond donors (Lipinski definition) is 10. The molecule has 74 heavy (non-hydrogen) atoms. The molecule has 410 valence electrons. The van der Waals surface area contributed by atoms with Crippen molar-refractivity contribution >= 4 is 96.8 Å². The topological polar surface area (TPSA) is 414 Å². The van der Waals surface area contributed by atoms with Gasteiger partial charge in [-0.2, -0.15) is 5.11 Å². The van der Waals surface area contributed by atoms with E-state index in [1.807, 2.05) is 0 Å². The number of thiol groups is 2. The average Bonchev–Trinajstić information content (AvgIpc) is 3.91. The van der Waals surface area contributed by atoms with Crippen LogP contribution in [0.25, 0.3) is 11.2 Å². The number of benzene rings is 1. The number of nitrogen functional groups attached to an aromatic ring is 1. The van der Waals surface area contributed by atoms with Gasteiger partial charge in [-0.15, -0.1) is 5.17 Å². The van der Waals surface area contributed by atoms with Crippen LogP contribution in [-0.2, 0) is 67.2 Å². The van der Waals surface area contributed by atoms with Crippen molar-refractivity contribution < 1.29 is 80.1 Å². The number of amides is 6. The summed E-state index contributed by atoms with van der Waals surface area (Å²) in [5.74, 6) is -2.52. The summed E-state index contributed by atoms with van der Waals surface area (Å²) >= 11 is 7.84. The van der Waals surface area contributed by atoms with Gasteiger partial charge in [0.25, 0.3) is 0 Å². The number of fused-ring (bicyclic) bond motifs is 1. The second kappa shape index (κ2) is 28.1. The van der Waals surface area contributed by atoms with E-state index in [-0.39, 0.29) is 48.1 Å². The van der Waals surface area contributed by atoms with Gasteiger partial charge in [0.15, 0.2) is 23.8 Å². The van der Waals surface area contributed by atoms with Crippen molar-refractivity contribution in [3.63, 3.8) is 0 Å². The van der Waals surface area contributed by atoms with E-state index >= 15 is 0 Å². The molecule has 3 aromatic rings. The van der Waals surface area contributed by atoms with Crippen molar-refractivity contribution in [2.75, 3.05) is 52.0 Å². The fourth-order valence-corrected chi connectivity index (χ4v) is 8.27. The van der Waals surface area contributed by atoms with Crippen LogP contribution in [0.2, 0.25) is 0 Å². The lowest BCUT2D eigenvalue weighted by atomic mass is 10.0. The number of alkyl carbamates (subject to hydrolysis) is 1. The molecular formula is C39H60N14O17P2S2. The summed E-state index contributed by atoms with van der Waals surface area (Å²) in [5, 5.41) is 29.4. The number of urea groups is 1. The molecule has 1 aliphatic rings. The molecule has 31 nitrogen and oxygen atoms in total. The summed E-state index contributed by atoms with van der Waals surface area (Å²) in [6, 6.07) is 2.21. The van der Waals surface area contributed by atoms with E-state index < -0.39 is 117 Å². The molecule has 10 atom stereocenters. The highest BCUT2D eigenvalue weighted by molar-refractivity contribution is 8.44. The van der Waals surface area contributed by atoms with Crippen molar-refractivity contribution in [2.24, 2.45) is 22.0 Å². The first-order chi connectivity index (χ1) is 34.9. The van der Waals surface area contributed by atoms with E-state index in [4.69, 9.17) is 48.5 Å². The number of aromatic nitrogens is 4. The molecule has 10 N–H and O–H groups in total. The van der Waals surface area contributed by atoms with Gasteiger partial charge in [-0.05, 0) is 50.3 Å². The van der Waals surface area contributed by atoms with E-state index in [2.05, 4.69) is 76.4 Å². The minimum absolute atomic E-state index is 0.0116. The molecule has 0 radical (unpaired) electrons. The Morgan fingerprint density at radius 2 is 1.65 bits per heavy atom. The van der Waals surface area contributed by atoms with Crippen molar-refractivity contribution in [3.8, 4) is 0 Å². The molecule has 1 unspecified atom stereocenters. The number of hydrogen-bond acceptors (Lipinski definition) is 23. The number of carbonyl (C=O) groups excluding carboxylic acids is 6. The van der Waals surface area contributed by atoms with Gasteiger partial charge in [0.2, 0.25) is 17.7 Å². The Morgan fingerprint density at radius 3 is 2.28 bits per heavy atom. The fraction of sp³-hybridized carbons (Fsp3) is 0.564. The second-order valence-electron chi connectivity index (χ2n) is 16.3. The zero-order chi connectivity index (χ0) is 54.9. The first kappa shape index (κ1) is 60.7. The Bertz CT molecular complexity index is 2550. The van der Waals surface area contributed by atoms with E-state index in [9.17, 15) is 43.1 Å². The largest absolute Gasteiger partial charge is 0.509 e. The molecule has 3 heterocycles. The zero-order valence-corrected chi connectivity index (χ0v) is 44.5. The highest BCUT2D eigenvalue weighted by Gasteiger charge is 2.53. The summed E-state index contributed by atoms with van der Waals surface area (Å²) in [5.41, 5.74) is 12.2. The number of imidazole rings is 1. The van der Waals surface area contributed by atoms with E-state index in [0.717, 1.165) is 20.5 Å². The number of rotatable bonds is 27. The lowest BCUT2D eigenvalue weighted by Gasteiger charge is -2.27. The van der Waals surface area contributed by atoms with Crippen LogP contribution >= 0.6 is 38.1 Å². The van der Waals surface area contributed by atoms with E-state index in [1.54, 1.807) is 26.0 Å². The van der Waals surface area contributed by atoms with Gasteiger partial charge in [0, 0.05) is 26.5 Å². The third-order valence-corrected chi connectivity index (χ3v) is 14.1. The predicted molar refractivity (Wildman–Crippen MR) is 265 cm³/mol. The zero-order valence-electron chi connectivity index (χ0n) is 41.0. The first-order valence-corrected chi connectivity index (χ1v) is 27.5. The summed E-state index contributed by atoms with van der Waals surface area (Å²) in [7, 11) is 3.43. The molecule has 1 saturated heterocycles. The molecule has 0 aliphatic carbocycles. The Balaban J connectivity index is 1.38. The Labute approximate surface area is 433 Å². The van der Waals surface area contributed by atoms with Crippen LogP contribution in [0.4, 0.5) is 25.9 Å². The van der Waals surface area contributed by atoms with Crippen molar-refractivity contribution in [2.45, 2.75) is 95.9 Å². The molecule has 2 aromatic heterocycles. The molecule has 4 rings (SSSR count). The summed E-state index contributed by atoms with van der Waals surface area (Å²) in [6.07, 6.45) is -6.38. The quantitative estimate of drug-likeness (QED) is 0.0131. The highest BCUT2D eigenvalue weighted by Crippen LogP contribution is 2.57. The first-order valence-electron chi connectivity index (χ1n) is 22.1. The number of ether oxygens (including phenoxy) is 4. The standard InChI is InChI=1S/C39H60N14O17P2S2/c1-20(2)28(50-27(54)15-53(60)51-42-5)35(56)49-25(9-8-14-43-37(41)57)34(55)48-24-12-10-23(11-13-24)16-65-38(58)47-21(3)22(4)67-39(59)69-31-30(70-72(62,74)64-7)26(17-66-71(61,73)63-6)68-36(31)52-19-46-29-32(40)44-18-45-33(29)52/h10-13,18-22,25-26,28,30-31,36,60H,8-9,14-17H2,1-7H3,(H,47,58)(H,48,55)(H,49,56)(H,50,54)(H,61,73)(H,62,74)(H2,40,44,45)(H3,41,43,57)/b51-42-/t21-,22-,25+,26-,28+,30-,31-,36-,71+,72?/m1/s1.